The average molecular weight is 551 g/mol. The summed E-state index contributed by atoms with van der Waals surface area (Å²) in [5.74, 6) is -5.16. The van der Waals surface area contributed by atoms with Crippen molar-refractivity contribution in [2.24, 2.45) is 17.3 Å². The zero-order chi connectivity index (χ0) is 26.3. The first kappa shape index (κ1) is 29.7. The van der Waals surface area contributed by atoms with Crippen molar-refractivity contribution in [1.82, 2.24) is 0 Å². The molecule has 1 unspecified atom stereocenters. The molecule has 0 amide bonds. The van der Waals surface area contributed by atoms with Gasteiger partial charge in [-0.1, -0.05) is 26.9 Å². The van der Waals surface area contributed by atoms with Crippen molar-refractivity contribution in [3.63, 3.8) is 0 Å². The number of carbonyl (C=O) groups excluding carboxylic acids is 1. The fourth-order valence-corrected chi connectivity index (χ4v) is 7.68. The first-order valence-electron chi connectivity index (χ1n) is 13.5. The predicted octanol–water partition coefficient (Wildman–Crippen LogP) is 3.84. The highest BCUT2D eigenvalue weighted by molar-refractivity contribution is 6.26. The van der Waals surface area contributed by atoms with E-state index in [9.17, 15) is 4.79 Å². The average Bonchev–Trinajstić information content (AvgIpc) is 3.29. The van der Waals surface area contributed by atoms with E-state index in [0.29, 0.717) is 32.3 Å². The molecule has 2 aliphatic heterocycles. The molecule has 1 saturated carbocycles. The van der Waals surface area contributed by atoms with Crippen molar-refractivity contribution >= 4 is 25.5 Å². The summed E-state index contributed by atoms with van der Waals surface area (Å²) in [5.41, 5.74) is -0.455. The molecule has 7 nitrogen and oxygen atoms in total. The molecule has 5 atom stereocenters. The molecule has 0 N–H and O–H groups in total. The number of carbonyl (C=O) groups is 1. The van der Waals surface area contributed by atoms with Gasteiger partial charge in [0.25, 0.3) is 0 Å². The van der Waals surface area contributed by atoms with E-state index in [1.807, 2.05) is 13.8 Å². The Balaban J connectivity index is 1.79. The van der Waals surface area contributed by atoms with Crippen LogP contribution < -0.4 is 0 Å². The van der Waals surface area contributed by atoms with E-state index in [1.54, 1.807) is 0 Å². The maximum Gasteiger partial charge on any atom is 0.310 e. The molecule has 0 bridgehead atoms. The quantitative estimate of drug-likeness (QED) is 0.149. The van der Waals surface area contributed by atoms with E-state index in [4.69, 9.17) is 23.1 Å². The minimum atomic E-state index is -3.11. The van der Waals surface area contributed by atoms with Gasteiger partial charge in [0.1, 0.15) is 12.4 Å². The summed E-state index contributed by atoms with van der Waals surface area (Å²) < 4.78 is 66.5. The Morgan fingerprint density at radius 1 is 1.25 bits per heavy atom. The highest BCUT2D eigenvalue weighted by atomic mass is 28.2. The molecular formula is C25H44F2O7Si2. The maximum atomic E-state index is 15.9. The summed E-state index contributed by atoms with van der Waals surface area (Å²) in [7, 11) is -0.149. The summed E-state index contributed by atoms with van der Waals surface area (Å²) in [6.07, 6.45) is 4.32. The molecule has 1 aliphatic carbocycles. The number of alkyl halides is 2. The smallest absolute Gasteiger partial charge is 0.310 e. The molecule has 3 fully saturated rings. The number of unbranched alkanes of at least 4 members (excludes halogenated alkanes) is 1. The van der Waals surface area contributed by atoms with Crippen LogP contribution in [-0.4, -0.2) is 69.9 Å². The largest absolute Gasteiger partial charge is 0.488 e. The number of hydrogen-bond donors (Lipinski definition) is 0. The van der Waals surface area contributed by atoms with Gasteiger partial charge < -0.3 is 27.8 Å². The number of fused-ring (bicyclic) bond motifs is 1. The molecule has 3 rings (SSSR count). The summed E-state index contributed by atoms with van der Waals surface area (Å²) in [5, 5.41) is 0. The standard InChI is InChI=1S/C25H44F2O7Si2/c1-24(2,23(33-35-4)34-36-5)15-16-17(32-21-12-8-9-13-30-21)14-18-22(16)25(26,27)19(31-18)10-6-7-11-20(28)29-3/h10,16-18,21-23H,6-9,11-15,35-36H2,1-5H3/t16-,17+,18-,21?,22+/m0/s1. The van der Waals surface area contributed by atoms with E-state index >= 15 is 8.78 Å². The van der Waals surface area contributed by atoms with Gasteiger partial charge in [0.15, 0.2) is 31.6 Å². The van der Waals surface area contributed by atoms with Crippen molar-refractivity contribution in [2.75, 3.05) is 13.7 Å². The number of methoxy groups -OCH3 is 1. The van der Waals surface area contributed by atoms with Crippen molar-refractivity contribution in [1.29, 1.82) is 0 Å². The zero-order valence-electron chi connectivity index (χ0n) is 22.4. The first-order valence-corrected chi connectivity index (χ1v) is 17.4. The van der Waals surface area contributed by atoms with Crippen LogP contribution in [0.3, 0.4) is 0 Å². The van der Waals surface area contributed by atoms with Crippen molar-refractivity contribution < 1.29 is 41.4 Å². The van der Waals surface area contributed by atoms with Crippen LogP contribution in [0, 0.1) is 17.3 Å². The minimum Gasteiger partial charge on any atom is -0.488 e. The van der Waals surface area contributed by atoms with Crippen LogP contribution in [0.1, 0.15) is 65.2 Å². The maximum absolute atomic E-state index is 15.9. The topological polar surface area (TPSA) is 72.5 Å². The van der Waals surface area contributed by atoms with E-state index in [0.717, 1.165) is 19.3 Å². The lowest BCUT2D eigenvalue weighted by atomic mass is 9.75. The highest BCUT2D eigenvalue weighted by Crippen LogP contribution is 2.57. The van der Waals surface area contributed by atoms with E-state index < -0.39 is 48.8 Å². The number of rotatable bonds is 13. The molecule has 36 heavy (non-hydrogen) atoms. The van der Waals surface area contributed by atoms with Gasteiger partial charge in [0, 0.05) is 24.9 Å². The second-order valence-electron chi connectivity index (χ2n) is 10.6. The third-order valence-electron chi connectivity index (χ3n) is 7.47. The molecule has 2 saturated heterocycles. The normalized spacial score (nSPS) is 32.4. The molecule has 0 aromatic carbocycles. The molecular weight excluding hydrogens is 506 g/mol. The van der Waals surface area contributed by atoms with Crippen LogP contribution in [0.5, 0.6) is 0 Å². The third-order valence-corrected chi connectivity index (χ3v) is 8.74. The monoisotopic (exact) mass is 550 g/mol. The van der Waals surface area contributed by atoms with Gasteiger partial charge in [-0.05, 0) is 50.5 Å². The van der Waals surface area contributed by atoms with Gasteiger partial charge >= 0.3 is 11.9 Å². The van der Waals surface area contributed by atoms with Crippen LogP contribution in [-0.2, 0) is 32.6 Å². The molecule has 0 aromatic rings. The Morgan fingerprint density at radius 3 is 2.58 bits per heavy atom. The van der Waals surface area contributed by atoms with Crippen molar-refractivity contribution in [3.8, 4) is 0 Å². The number of hydrogen-bond acceptors (Lipinski definition) is 7. The molecule has 11 heteroatoms. The lowest BCUT2D eigenvalue weighted by Crippen LogP contribution is -2.43. The van der Waals surface area contributed by atoms with Crippen molar-refractivity contribution in [3.05, 3.63) is 11.8 Å². The summed E-state index contributed by atoms with van der Waals surface area (Å²) in [6, 6.07) is 0. The van der Waals surface area contributed by atoms with Gasteiger partial charge in [-0.2, -0.15) is 8.78 Å². The molecule has 0 aromatic heterocycles. The van der Waals surface area contributed by atoms with Crippen LogP contribution in [0.15, 0.2) is 11.8 Å². The lowest BCUT2D eigenvalue weighted by molar-refractivity contribution is -0.205. The Bertz CT molecular complexity index is 740. The second-order valence-corrected chi connectivity index (χ2v) is 12.5. The van der Waals surface area contributed by atoms with Gasteiger partial charge in [0.2, 0.25) is 0 Å². The van der Waals surface area contributed by atoms with Crippen LogP contribution in [0.4, 0.5) is 8.78 Å². The first-order chi connectivity index (χ1) is 17.1. The minimum absolute atomic E-state index is 0.190. The summed E-state index contributed by atoms with van der Waals surface area (Å²) in [4.78, 5) is 11.4. The molecule has 0 radical (unpaired) electrons. The van der Waals surface area contributed by atoms with Gasteiger partial charge in [-0.3, -0.25) is 4.79 Å². The van der Waals surface area contributed by atoms with Crippen LogP contribution in [0.25, 0.3) is 0 Å². The fourth-order valence-electron chi connectivity index (χ4n) is 5.79. The fraction of sp³-hybridized carbons (Fsp3) is 0.880. The number of allylic oxidation sites excluding steroid dienone is 2. The zero-order valence-corrected chi connectivity index (χ0v) is 25.3. The van der Waals surface area contributed by atoms with Crippen molar-refractivity contribution in [2.45, 2.75) is 109 Å². The van der Waals surface area contributed by atoms with Gasteiger partial charge in [-0.25, -0.2) is 0 Å². The second kappa shape index (κ2) is 13.3. The summed E-state index contributed by atoms with van der Waals surface area (Å²) in [6.45, 7) is 8.84. The predicted molar refractivity (Wildman–Crippen MR) is 137 cm³/mol. The van der Waals surface area contributed by atoms with Gasteiger partial charge in [0.05, 0.1) is 19.1 Å². The van der Waals surface area contributed by atoms with E-state index in [2.05, 4.69) is 17.8 Å². The van der Waals surface area contributed by atoms with Crippen LogP contribution in [0.2, 0.25) is 13.1 Å². The van der Waals surface area contributed by atoms with E-state index in [1.165, 1.54) is 13.2 Å². The Hall–Kier alpha value is -0.856. The number of halogens is 2. The molecule has 208 valence electrons. The van der Waals surface area contributed by atoms with Gasteiger partial charge in [-0.15, -0.1) is 0 Å². The molecule has 3 aliphatic rings. The SMILES string of the molecule is COC(=O)CCCC=C1O[C@H]2C[C@@H](OC3CCCCO3)[C@H](CC(C)(C)C(O[SiH2]C)O[SiH2]C)[C@H]2C1(F)F. The Kier molecular flexibility index (Phi) is 11.0. The summed E-state index contributed by atoms with van der Waals surface area (Å²) >= 11 is 0. The number of esters is 1. The highest BCUT2D eigenvalue weighted by Gasteiger charge is 2.65. The molecule has 2 heterocycles. The number of ether oxygens (including phenoxy) is 4. The lowest BCUT2D eigenvalue weighted by Gasteiger charge is -2.40. The Morgan fingerprint density at radius 2 is 1.97 bits per heavy atom. The van der Waals surface area contributed by atoms with Crippen LogP contribution >= 0.6 is 0 Å². The third kappa shape index (κ3) is 7.16. The van der Waals surface area contributed by atoms with E-state index in [-0.39, 0.29) is 36.8 Å². The Labute approximate surface area is 218 Å². The molecule has 0 spiro atoms.